The van der Waals surface area contributed by atoms with E-state index >= 15 is 0 Å². The molecule has 0 aliphatic carbocycles. The van der Waals surface area contributed by atoms with Crippen molar-refractivity contribution in [2.45, 2.75) is 32.7 Å². The fourth-order valence-corrected chi connectivity index (χ4v) is 2.60. The van der Waals surface area contributed by atoms with E-state index in [1.165, 1.54) is 0 Å². The smallest absolute Gasteiger partial charge is 0.244 e. The Kier molecular flexibility index (Phi) is 6.06. The van der Waals surface area contributed by atoms with Gasteiger partial charge < -0.3 is 11.1 Å². The second-order valence-corrected chi connectivity index (χ2v) is 6.06. The van der Waals surface area contributed by atoms with Crippen LogP contribution in [-0.2, 0) is 9.59 Å². The number of benzene rings is 2. The number of aryl methyl sites for hydroxylation is 2. The summed E-state index contributed by atoms with van der Waals surface area (Å²) >= 11 is 0. The number of hydrogen-bond donors (Lipinski definition) is 2. The van der Waals surface area contributed by atoms with Gasteiger partial charge in [-0.25, -0.2) is 0 Å². The summed E-state index contributed by atoms with van der Waals surface area (Å²) in [5.41, 5.74) is 8.50. The van der Waals surface area contributed by atoms with E-state index < -0.39 is 11.9 Å². The van der Waals surface area contributed by atoms with E-state index in [2.05, 4.69) is 5.32 Å². The molecule has 2 amide bonds. The summed E-state index contributed by atoms with van der Waals surface area (Å²) in [6.45, 7) is 3.78. The van der Waals surface area contributed by atoms with Crippen molar-refractivity contribution in [1.82, 2.24) is 5.32 Å². The number of ketones is 1. The molecule has 0 radical (unpaired) electrons. The summed E-state index contributed by atoms with van der Waals surface area (Å²) in [5, 5.41) is 2.60. The van der Waals surface area contributed by atoms with Gasteiger partial charge in [0.15, 0.2) is 5.78 Å². The van der Waals surface area contributed by atoms with Gasteiger partial charge in [-0.1, -0.05) is 48.0 Å². The normalized spacial score (nSPS) is 11.6. The number of amides is 2. The fourth-order valence-electron chi connectivity index (χ4n) is 2.60. The lowest BCUT2D eigenvalue weighted by molar-refractivity contribution is -0.127. The molecule has 2 aromatic rings. The molecule has 0 fully saturated rings. The largest absolute Gasteiger partial charge is 0.368 e. The Hall–Kier alpha value is -2.95. The second kappa shape index (κ2) is 8.24. The lowest BCUT2D eigenvalue weighted by atomic mass is 9.99. The molecule has 0 aromatic heterocycles. The van der Waals surface area contributed by atoms with Crippen LogP contribution in [0.25, 0.3) is 0 Å². The molecule has 0 aliphatic heterocycles. The van der Waals surface area contributed by atoms with Crippen molar-refractivity contribution in [3.63, 3.8) is 0 Å². The Bertz CT molecular complexity index is 785. The third kappa shape index (κ3) is 5.01. The molecular weight excluding hydrogens is 316 g/mol. The number of Topliss-reactive ketones (excluding diaryl/α,β-unsaturated/α-hetero) is 1. The van der Waals surface area contributed by atoms with Gasteiger partial charge in [-0.05, 0) is 31.0 Å². The molecule has 0 spiro atoms. The highest BCUT2D eigenvalue weighted by molar-refractivity contribution is 5.99. The minimum atomic E-state index is -0.899. The Morgan fingerprint density at radius 3 is 2.32 bits per heavy atom. The van der Waals surface area contributed by atoms with Crippen molar-refractivity contribution in [3.8, 4) is 0 Å². The van der Waals surface area contributed by atoms with Crippen molar-refractivity contribution < 1.29 is 14.4 Å². The van der Waals surface area contributed by atoms with Gasteiger partial charge in [0.2, 0.25) is 11.8 Å². The van der Waals surface area contributed by atoms with E-state index in [1.54, 1.807) is 24.3 Å². The zero-order chi connectivity index (χ0) is 18.4. The molecular formula is C20H22N2O3. The van der Waals surface area contributed by atoms with Gasteiger partial charge in [0.25, 0.3) is 0 Å². The highest BCUT2D eigenvalue weighted by Crippen LogP contribution is 2.15. The monoisotopic (exact) mass is 338 g/mol. The first-order valence-electron chi connectivity index (χ1n) is 8.12. The van der Waals surface area contributed by atoms with Gasteiger partial charge in [0, 0.05) is 18.4 Å². The van der Waals surface area contributed by atoms with Gasteiger partial charge in [0.1, 0.15) is 6.04 Å². The van der Waals surface area contributed by atoms with E-state index in [0.29, 0.717) is 11.1 Å². The molecule has 2 aromatic carbocycles. The van der Waals surface area contributed by atoms with Crippen LogP contribution in [0.4, 0.5) is 0 Å². The Morgan fingerprint density at radius 2 is 1.68 bits per heavy atom. The maximum atomic E-state index is 12.3. The summed E-state index contributed by atoms with van der Waals surface area (Å²) in [5.74, 6) is -1.11. The SMILES string of the molecule is Cc1ccc(C)c(C(=O)CCC(=O)NC(C(N)=O)c2ccccc2)c1. The predicted molar refractivity (Wildman–Crippen MR) is 96.0 cm³/mol. The van der Waals surface area contributed by atoms with Gasteiger partial charge >= 0.3 is 0 Å². The number of carbonyl (C=O) groups excluding carboxylic acids is 3. The number of hydrogen-bond acceptors (Lipinski definition) is 3. The lowest BCUT2D eigenvalue weighted by Crippen LogP contribution is -2.37. The van der Waals surface area contributed by atoms with E-state index in [9.17, 15) is 14.4 Å². The van der Waals surface area contributed by atoms with E-state index in [-0.39, 0.29) is 24.5 Å². The van der Waals surface area contributed by atoms with Crippen LogP contribution in [0.3, 0.4) is 0 Å². The van der Waals surface area contributed by atoms with E-state index in [0.717, 1.165) is 11.1 Å². The first-order valence-corrected chi connectivity index (χ1v) is 8.12. The summed E-state index contributed by atoms with van der Waals surface area (Å²) in [6, 6.07) is 13.5. The summed E-state index contributed by atoms with van der Waals surface area (Å²) in [7, 11) is 0. The Balaban J connectivity index is 1.98. The minimum absolute atomic E-state index is 0.00281. The number of primary amides is 1. The predicted octanol–water partition coefficient (Wildman–Crippen LogP) is 2.61. The molecule has 2 rings (SSSR count). The topological polar surface area (TPSA) is 89.3 Å². The highest BCUT2D eigenvalue weighted by atomic mass is 16.2. The van der Waals surface area contributed by atoms with Gasteiger partial charge in [-0.3, -0.25) is 14.4 Å². The molecule has 3 N–H and O–H groups in total. The minimum Gasteiger partial charge on any atom is -0.368 e. The Labute approximate surface area is 147 Å². The third-order valence-corrected chi connectivity index (χ3v) is 4.00. The number of nitrogens with one attached hydrogen (secondary N) is 1. The maximum absolute atomic E-state index is 12.3. The summed E-state index contributed by atoms with van der Waals surface area (Å²) in [6.07, 6.45) is 0.0826. The zero-order valence-corrected chi connectivity index (χ0v) is 14.4. The van der Waals surface area contributed by atoms with Gasteiger partial charge in [-0.2, -0.15) is 0 Å². The van der Waals surface area contributed by atoms with E-state index in [1.807, 2.05) is 38.1 Å². The average Bonchev–Trinajstić information content (AvgIpc) is 2.60. The van der Waals surface area contributed by atoms with Crippen LogP contribution in [0.1, 0.15) is 45.9 Å². The molecule has 1 unspecified atom stereocenters. The molecule has 5 heteroatoms. The van der Waals surface area contributed by atoms with Crippen LogP contribution in [0.15, 0.2) is 48.5 Å². The van der Waals surface area contributed by atoms with Crippen molar-refractivity contribution >= 4 is 17.6 Å². The first kappa shape index (κ1) is 18.4. The highest BCUT2D eigenvalue weighted by Gasteiger charge is 2.20. The van der Waals surface area contributed by atoms with Crippen LogP contribution < -0.4 is 11.1 Å². The average molecular weight is 338 g/mol. The molecule has 5 nitrogen and oxygen atoms in total. The van der Waals surface area contributed by atoms with E-state index in [4.69, 9.17) is 5.73 Å². The first-order chi connectivity index (χ1) is 11.9. The van der Waals surface area contributed by atoms with Crippen molar-refractivity contribution in [2.24, 2.45) is 5.73 Å². The number of nitrogens with two attached hydrogens (primary N) is 1. The quantitative estimate of drug-likeness (QED) is 0.761. The zero-order valence-electron chi connectivity index (χ0n) is 14.4. The van der Waals surface area contributed by atoms with Crippen LogP contribution >= 0.6 is 0 Å². The summed E-state index contributed by atoms with van der Waals surface area (Å²) in [4.78, 5) is 36.1. The second-order valence-electron chi connectivity index (χ2n) is 6.06. The van der Waals surface area contributed by atoms with Crippen molar-refractivity contribution in [1.29, 1.82) is 0 Å². The summed E-state index contributed by atoms with van der Waals surface area (Å²) < 4.78 is 0. The lowest BCUT2D eigenvalue weighted by Gasteiger charge is -2.15. The molecule has 0 saturated heterocycles. The van der Waals surface area contributed by atoms with Gasteiger partial charge in [0.05, 0.1) is 0 Å². The van der Waals surface area contributed by atoms with Crippen LogP contribution in [-0.4, -0.2) is 17.6 Å². The van der Waals surface area contributed by atoms with Crippen LogP contribution in [0.2, 0.25) is 0 Å². The maximum Gasteiger partial charge on any atom is 0.244 e. The molecule has 0 bridgehead atoms. The van der Waals surface area contributed by atoms with Crippen LogP contribution in [0, 0.1) is 13.8 Å². The molecule has 1 atom stereocenters. The number of rotatable bonds is 7. The molecule has 130 valence electrons. The Morgan fingerprint density at radius 1 is 1.00 bits per heavy atom. The molecule has 0 heterocycles. The van der Waals surface area contributed by atoms with Crippen molar-refractivity contribution in [3.05, 3.63) is 70.8 Å². The molecule has 0 aliphatic rings. The third-order valence-electron chi connectivity index (χ3n) is 4.00. The number of carbonyl (C=O) groups is 3. The molecule has 25 heavy (non-hydrogen) atoms. The van der Waals surface area contributed by atoms with Gasteiger partial charge in [-0.15, -0.1) is 0 Å². The standard InChI is InChI=1S/C20H22N2O3/c1-13-8-9-14(2)16(12-13)17(23)10-11-18(24)22-19(20(21)25)15-6-4-3-5-7-15/h3-9,12,19H,10-11H2,1-2H3,(H2,21,25)(H,22,24). The fraction of sp³-hybridized carbons (Fsp3) is 0.250. The molecule has 0 saturated carbocycles. The van der Waals surface area contributed by atoms with Crippen LogP contribution in [0.5, 0.6) is 0 Å². The van der Waals surface area contributed by atoms with Crippen molar-refractivity contribution in [2.75, 3.05) is 0 Å².